The molecule has 1 fully saturated rings. The summed E-state index contributed by atoms with van der Waals surface area (Å²) in [6, 6.07) is 0. The SMILES string of the molecule is CC1CSCC1(O)C(N)=O. The molecule has 3 nitrogen and oxygen atoms in total. The summed E-state index contributed by atoms with van der Waals surface area (Å²) < 4.78 is 0. The lowest BCUT2D eigenvalue weighted by Gasteiger charge is -2.21. The van der Waals surface area contributed by atoms with Gasteiger partial charge in [-0.25, -0.2) is 0 Å². The number of amides is 1. The molecular weight excluding hydrogens is 150 g/mol. The van der Waals surface area contributed by atoms with E-state index in [0.29, 0.717) is 5.75 Å². The first-order valence-electron chi connectivity index (χ1n) is 3.17. The lowest BCUT2D eigenvalue weighted by atomic mass is 9.92. The standard InChI is InChI=1S/C6H11NO2S/c1-4-2-10-3-6(4,9)5(7)8/h4,9H,2-3H2,1H3,(H2,7,8). The summed E-state index contributed by atoms with van der Waals surface area (Å²) in [6.07, 6.45) is 0. The third kappa shape index (κ3) is 1.01. The molecule has 1 aliphatic heterocycles. The first kappa shape index (κ1) is 7.88. The van der Waals surface area contributed by atoms with Crippen LogP contribution in [0.25, 0.3) is 0 Å². The van der Waals surface area contributed by atoms with Gasteiger partial charge in [-0.2, -0.15) is 11.8 Å². The van der Waals surface area contributed by atoms with Gasteiger partial charge in [0, 0.05) is 11.7 Å². The smallest absolute Gasteiger partial charge is 0.250 e. The topological polar surface area (TPSA) is 63.3 Å². The van der Waals surface area contributed by atoms with Gasteiger partial charge in [0.2, 0.25) is 0 Å². The fourth-order valence-electron chi connectivity index (χ4n) is 0.985. The Morgan fingerprint density at radius 1 is 1.90 bits per heavy atom. The number of hydrogen-bond donors (Lipinski definition) is 2. The van der Waals surface area contributed by atoms with E-state index in [9.17, 15) is 9.90 Å². The van der Waals surface area contributed by atoms with Crippen molar-refractivity contribution in [3.05, 3.63) is 0 Å². The van der Waals surface area contributed by atoms with Crippen molar-refractivity contribution in [2.24, 2.45) is 11.7 Å². The van der Waals surface area contributed by atoms with Gasteiger partial charge in [-0.15, -0.1) is 0 Å². The van der Waals surface area contributed by atoms with E-state index in [1.54, 1.807) is 11.8 Å². The normalized spacial score (nSPS) is 40.0. The number of carbonyl (C=O) groups is 1. The van der Waals surface area contributed by atoms with Crippen molar-refractivity contribution >= 4 is 17.7 Å². The van der Waals surface area contributed by atoms with Crippen LogP contribution in [-0.4, -0.2) is 28.1 Å². The molecule has 1 saturated heterocycles. The third-order valence-corrected chi connectivity index (χ3v) is 3.31. The van der Waals surface area contributed by atoms with Gasteiger partial charge in [-0.05, 0) is 5.75 Å². The van der Waals surface area contributed by atoms with Crippen LogP contribution in [0.5, 0.6) is 0 Å². The van der Waals surface area contributed by atoms with E-state index >= 15 is 0 Å². The van der Waals surface area contributed by atoms with E-state index < -0.39 is 11.5 Å². The Morgan fingerprint density at radius 2 is 2.50 bits per heavy atom. The van der Waals surface area contributed by atoms with Crippen LogP contribution in [0.3, 0.4) is 0 Å². The van der Waals surface area contributed by atoms with Gasteiger partial charge >= 0.3 is 0 Å². The summed E-state index contributed by atoms with van der Waals surface area (Å²) in [5, 5.41) is 9.54. The number of rotatable bonds is 1. The van der Waals surface area contributed by atoms with Crippen LogP contribution in [0.1, 0.15) is 6.92 Å². The molecule has 4 heteroatoms. The molecule has 1 amide bonds. The minimum atomic E-state index is -1.25. The van der Waals surface area contributed by atoms with E-state index in [1.807, 2.05) is 6.92 Å². The van der Waals surface area contributed by atoms with Crippen molar-refractivity contribution in [1.29, 1.82) is 0 Å². The number of hydrogen-bond acceptors (Lipinski definition) is 3. The van der Waals surface area contributed by atoms with E-state index in [-0.39, 0.29) is 5.92 Å². The van der Waals surface area contributed by atoms with Crippen LogP contribution < -0.4 is 5.73 Å². The summed E-state index contributed by atoms with van der Waals surface area (Å²) in [4.78, 5) is 10.7. The lowest BCUT2D eigenvalue weighted by molar-refractivity contribution is -0.137. The maximum atomic E-state index is 10.7. The van der Waals surface area contributed by atoms with Gasteiger partial charge in [-0.3, -0.25) is 4.79 Å². The molecule has 3 N–H and O–H groups in total. The van der Waals surface area contributed by atoms with Gasteiger partial charge in [-0.1, -0.05) is 6.92 Å². The first-order valence-corrected chi connectivity index (χ1v) is 4.33. The van der Waals surface area contributed by atoms with Gasteiger partial charge in [0.1, 0.15) is 0 Å². The molecule has 1 heterocycles. The van der Waals surface area contributed by atoms with Crippen LogP contribution in [0, 0.1) is 5.92 Å². The molecule has 1 rings (SSSR count). The number of thioether (sulfide) groups is 1. The summed E-state index contributed by atoms with van der Waals surface area (Å²) in [5.41, 5.74) is 3.77. The highest BCUT2D eigenvalue weighted by atomic mass is 32.2. The van der Waals surface area contributed by atoms with Gasteiger partial charge in [0.05, 0.1) is 0 Å². The Bertz CT molecular complexity index is 162. The molecule has 1 aliphatic rings. The molecule has 0 aromatic carbocycles. The maximum Gasteiger partial charge on any atom is 0.250 e. The van der Waals surface area contributed by atoms with E-state index in [0.717, 1.165) is 5.75 Å². The Kier molecular flexibility index (Phi) is 1.92. The summed E-state index contributed by atoms with van der Waals surface area (Å²) in [5.74, 6) is 0.670. The van der Waals surface area contributed by atoms with Gasteiger partial charge in [0.15, 0.2) is 5.60 Å². The quantitative estimate of drug-likeness (QED) is 0.549. The van der Waals surface area contributed by atoms with Crippen molar-refractivity contribution in [2.75, 3.05) is 11.5 Å². The van der Waals surface area contributed by atoms with Gasteiger partial charge in [0.25, 0.3) is 5.91 Å². The van der Waals surface area contributed by atoms with Crippen molar-refractivity contribution < 1.29 is 9.90 Å². The Morgan fingerprint density at radius 3 is 2.70 bits per heavy atom. The minimum absolute atomic E-state index is 0.00463. The second kappa shape index (κ2) is 2.43. The van der Waals surface area contributed by atoms with E-state index in [1.165, 1.54) is 0 Å². The summed E-state index contributed by atoms with van der Waals surface area (Å²) in [6.45, 7) is 1.84. The molecule has 0 aliphatic carbocycles. The molecule has 58 valence electrons. The molecule has 2 unspecified atom stereocenters. The highest BCUT2D eigenvalue weighted by Gasteiger charge is 2.44. The van der Waals surface area contributed by atoms with Crippen molar-refractivity contribution in [2.45, 2.75) is 12.5 Å². The molecule has 0 spiro atoms. The monoisotopic (exact) mass is 161 g/mol. The molecule has 2 atom stereocenters. The third-order valence-electron chi connectivity index (χ3n) is 1.93. The molecule has 0 aromatic heterocycles. The largest absolute Gasteiger partial charge is 0.379 e. The Balaban J connectivity index is 2.75. The van der Waals surface area contributed by atoms with Gasteiger partial charge < -0.3 is 10.8 Å². The zero-order chi connectivity index (χ0) is 7.78. The number of nitrogens with two attached hydrogens (primary N) is 1. The average molecular weight is 161 g/mol. The van der Waals surface area contributed by atoms with Crippen LogP contribution in [0.15, 0.2) is 0 Å². The second-order valence-electron chi connectivity index (χ2n) is 2.70. The Hall–Kier alpha value is -0.220. The highest BCUT2D eigenvalue weighted by Crippen LogP contribution is 2.32. The predicted octanol–water partition coefficient (Wildman–Crippen LogP) is -0.414. The number of carbonyl (C=O) groups excluding carboxylic acids is 1. The van der Waals surface area contributed by atoms with Crippen molar-refractivity contribution in [3.8, 4) is 0 Å². The average Bonchev–Trinajstić information content (AvgIpc) is 2.15. The predicted molar refractivity (Wildman–Crippen MR) is 40.6 cm³/mol. The highest BCUT2D eigenvalue weighted by molar-refractivity contribution is 7.99. The number of aliphatic hydroxyl groups is 1. The second-order valence-corrected chi connectivity index (χ2v) is 3.73. The number of primary amides is 1. The maximum absolute atomic E-state index is 10.7. The molecule has 0 saturated carbocycles. The minimum Gasteiger partial charge on any atom is -0.379 e. The molecule has 0 radical (unpaired) electrons. The van der Waals surface area contributed by atoms with Crippen LogP contribution in [0.4, 0.5) is 0 Å². The molecule has 0 aromatic rings. The lowest BCUT2D eigenvalue weighted by Crippen LogP contribution is -2.48. The fraction of sp³-hybridized carbons (Fsp3) is 0.833. The first-order chi connectivity index (χ1) is 4.57. The van der Waals surface area contributed by atoms with Crippen molar-refractivity contribution in [1.82, 2.24) is 0 Å². The molecular formula is C6H11NO2S. The fourth-order valence-corrected chi connectivity index (χ4v) is 2.47. The zero-order valence-electron chi connectivity index (χ0n) is 5.83. The molecule has 0 bridgehead atoms. The van der Waals surface area contributed by atoms with E-state index in [4.69, 9.17) is 5.73 Å². The van der Waals surface area contributed by atoms with Crippen LogP contribution >= 0.6 is 11.8 Å². The van der Waals surface area contributed by atoms with Crippen LogP contribution in [-0.2, 0) is 4.79 Å². The summed E-state index contributed by atoms with van der Waals surface area (Å²) >= 11 is 1.57. The zero-order valence-corrected chi connectivity index (χ0v) is 6.65. The Labute approximate surface area is 64.0 Å². The summed E-state index contributed by atoms with van der Waals surface area (Å²) in [7, 11) is 0. The van der Waals surface area contributed by atoms with E-state index in [2.05, 4.69) is 0 Å². The van der Waals surface area contributed by atoms with Crippen LogP contribution in [0.2, 0.25) is 0 Å². The molecule has 10 heavy (non-hydrogen) atoms. The van der Waals surface area contributed by atoms with Crippen molar-refractivity contribution in [3.63, 3.8) is 0 Å².